The van der Waals surface area contributed by atoms with E-state index in [0.29, 0.717) is 18.6 Å². The molecule has 6 heteroatoms. The molecule has 0 aromatic heterocycles. The summed E-state index contributed by atoms with van der Waals surface area (Å²) in [5.74, 6) is -0.354. The molecule has 0 aromatic rings. The van der Waals surface area contributed by atoms with E-state index in [0.717, 1.165) is 25.7 Å². The molecule has 1 saturated carbocycles. The van der Waals surface area contributed by atoms with E-state index in [-0.39, 0.29) is 17.9 Å². The molecule has 0 spiro atoms. The van der Waals surface area contributed by atoms with Crippen LogP contribution in [0.4, 0.5) is 0 Å². The minimum absolute atomic E-state index is 0.133. The Hall–Kier alpha value is -1.43. The Morgan fingerprint density at radius 3 is 2.72 bits per heavy atom. The minimum atomic E-state index is -0.452. The third-order valence-corrected chi connectivity index (χ3v) is 3.66. The summed E-state index contributed by atoms with van der Waals surface area (Å²) in [4.78, 5) is 24.7. The van der Waals surface area contributed by atoms with Gasteiger partial charge < -0.3 is 10.0 Å². The molecule has 0 saturated heterocycles. The summed E-state index contributed by atoms with van der Waals surface area (Å²) < 4.78 is 0. The molecule has 0 bridgehead atoms. The summed E-state index contributed by atoms with van der Waals surface area (Å²) in [6.07, 6.45) is 3.82. The summed E-state index contributed by atoms with van der Waals surface area (Å²) >= 11 is 0. The first-order chi connectivity index (χ1) is 8.59. The topological polar surface area (TPSA) is 82.0 Å². The molecule has 1 fully saturated rings. The number of rotatable bonds is 2. The van der Waals surface area contributed by atoms with Crippen molar-refractivity contribution in [2.24, 2.45) is 5.10 Å². The first kappa shape index (κ1) is 13.0. The molecule has 100 valence electrons. The van der Waals surface area contributed by atoms with Crippen molar-refractivity contribution in [2.75, 3.05) is 7.05 Å². The normalized spacial score (nSPS) is 28.3. The van der Waals surface area contributed by atoms with Gasteiger partial charge in [0.25, 0.3) is 5.91 Å². The van der Waals surface area contributed by atoms with E-state index in [2.05, 4.69) is 10.5 Å². The Morgan fingerprint density at radius 1 is 1.39 bits per heavy atom. The van der Waals surface area contributed by atoms with Crippen LogP contribution in [0.2, 0.25) is 0 Å². The van der Waals surface area contributed by atoms with E-state index in [4.69, 9.17) is 0 Å². The van der Waals surface area contributed by atoms with Crippen molar-refractivity contribution in [3.63, 3.8) is 0 Å². The van der Waals surface area contributed by atoms with Gasteiger partial charge in [-0.3, -0.25) is 9.59 Å². The second-order valence-corrected chi connectivity index (χ2v) is 4.93. The highest BCUT2D eigenvalue weighted by Crippen LogP contribution is 2.23. The summed E-state index contributed by atoms with van der Waals surface area (Å²) in [5.41, 5.74) is 2.69. The molecule has 1 aliphatic heterocycles. The largest absolute Gasteiger partial charge is 0.391 e. The van der Waals surface area contributed by atoms with Crippen LogP contribution in [-0.2, 0) is 9.59 Å². The predicted molar refractivity (Wildman–Crippen MR) is 65.8 cm³/mol. The quantitative estimate of drug-likeness (QED) is 0.727. The maximum Gasteiger partial charge on any atom is 0.270 e. The van der Waals surface area contributed by atoms with Crippen molar-refractivity contribution in [3.8, 4) is 0 Å². The molecule has 2 atom stereocenters. The number of aliphatic hydroxyl groups is 1. The van der Waals surface area contributed by atoms with E-state index in [1.54, 1.807) is 11.9 Å². The lowest BCUT2D eigenvalue weighted by molar-refractivity contribution is -0.128. The molecular formula is C12H19N3O3. The second-order valence-electron chi connectivity index (χ2n) is 4.93. The molecule has 6 nitrogen and oxygen atoms in total. The highest BCUT2D eigenvalue weighted by Gasteiger charge is 2.31. The van der Waals surface area contributed by atoms with E-state index in [1.807, 2.05) is 0 Å². The van der Waals surface area contributed by atoms with Crippen LogP contribution in [0.15, 0.2) is 5.10 Å². The van der Waals surface area contributed by atoms with Crippen LogP contribution >= 0.6 is 0 Å². The lowest BCUT2D eigenvalue weighted by Gasteiger charge is -2.35. The lowest BCUT2D eigenvalue weighted by atomic mass is 9.91. The Bertz CT molecular complexity index is 381. The molecule has 1 aliphatic carbocycles. The zero-order valence-electron chi connectivity index (χ0n) is 10.6. The number of amides is 2. The van der Waals surface area contributed by atoms with Crippen LogP contribution in [0.3, 0.4) is 0 Å². The van der Waals surface area contributed by atoms with E-state index >= 15 is 0 Å². The fraction of sp³-hybridized carbons (Fsp3) is 0.750. The highest BCUT2D eigenvalue weighted by atomic mass is 16.3. The van der Waals surface area contributed by atoms with Gasteiger partial charge in [0, 0.05) is 19.9 Å². The molecule has 0 radical (unpaired) electrons. The van der Waals surface area contributed by atoms with E-state index in [1.165, 1.54) is 0 Å². The van der Waals surface area contributed by atoms with Crippen LogP contribution in [0.1, 0.15) is 38.5 Å². The maximum atomic E-state index is 12.2. The van der Waals surface area contributed by atoms with Gasteiger partial charge in [-0.2, -0.15) is 5.10 Å². The van der Waals surface area contributed by atoms with E-state index < -0.39 is 6.10 Å². The van der Waals surface area contributed by atoms with Gasteiger partial charge in [0.05, 0.1) is 12.1 Å². The third kappa shape index (κ3) is 2.69. The van der Waals surface area contributed by atoms with Gasteiger partial charge in [0.1, 0.15) is 5.71 Å². The van der Waals surface area contributed by atoms with Crippen molar-refractivity contribution < 1.29 is 14.7 Å². The van der Waals surface area contributed by atoms with Crippen molar-refractivity contribution in [1.29, 1.82) is 0 Å². The number of hydrogen-bond acceptors (Lipinski definition) is 4. The molecule has 2 rings (SSSR count). The van der Waals surface area contributed by atoms with Crippen molar-refractivity contribution in [3.05, 3.63) is 0 Å². The second kappa shape index (κ2) is 5.48. The zero-order chi connectivity index (χ0) is 13.1. The van der Waals surface area contributed by atoms with Crippen LogP contribution in [0.25, 0.3) is 0 Å². The first-order valence-corrected chi connectivity index (χ1v) is 6.40. The van der Waals surface area contributed by atoms with Crippen LogP contribution in [0, 0.1) is 0 Å². The van der Waals surface area contributed by atoms with Crippen molar-refractivity contribution in [1.82, 2.24) is 10.3 Å². The number of hydrazone groups is 1. The van der Waals surface area contributed by atoms with Gasteiger partial charge in [0.2, 0.25) is 5.91 Å². The molecular weight excluding hydrogens is 234 g/mol. The van der Waals surface area contributed by atoms with Crippen LogP contribution in [-0.4, -0.2) is 46.7 Å². The third-order valence-electron chi connectivity index (χ3n) is 3.66. The number of hydrogen-bond donors (Lipinski definition) is 2. The van der Waals surface area contributed by atoms with Gasteiger partial charge in [-0.1, -0.05) is 12.8 Å². The molecule has 2 amide bonds. The Labute approximate surface area is 106 Å². The van der Waals surface area contributed by atoms with Crippen molar-refractivity contribution >= 4 is 17.5 Å². The highest BCUT2D eigenvalue weighted by molar-refractivity contribution is 6.39. The van der Waals surface area contributed by atoms with Crippen LogP contribution < -0.4 is 5.43 Å². The molecule has 0 aromatic carbocycles. The first-order valence-electron chi connectivity index (χ1n) is 6.40. The average molecular weight is 253 g/mol. The van der Waals surface area contributed by atoms with Gasteiger partial charge in [-0.05, 0) is 12.8 Å². The summed E-state index contributed by atoms with van der Waals surface area (Å²) in [6, 6.07) is -0.133. The van der Waals surface area contributed by atoms with Gasteiger partial charge in [-0.25, -0.2) is 5.43 Å². The van der Waals surface area contributed by atoms with Gasteiger partial charge in [0.15, 0.2) is 0 Å². The number of aliphatic hydroxyl groups excluding tert-OH is 1. The van der Waals surface area contributed by atoms with Crippen molar-refractivity contribution in [2.45, 2.75) is 50.7 Å². The molecule has 2 N–H and O–H groups in total. The summed E-state index contributed by atoms with van der Waals surface area (Å²) in [5, 5.41) is 13.7. The molecule has 1 heterocycles. The number of carbonyl (C=O) groups is 2. The van der Waals surface area contributed by atoms with Crippen LogP contribution in [0.5, 0.6) is 0 Å². The zero-order valence-corrected chi connectivity index (χ0v) is 10.6. The lowest BCUT2D eigenvalue weighted by Crippen LogP contribution is -2.49. The Morgan fingerprint density at radius 2 is 2.11 bits per heavy atom. The molecule has 18 heavy (non-hydrogen) atoms. The Balaban J connectivity index is 2.01. The SMILES string of the molecule is CN(C(=O)C1=NNC(=O)CC1)C1CCCCC1O. The fourth-order valence-corrected chi connectivity index (χ4v) is 2.53. The fourth-order valence-electron chi connectivity index (χ4n) is 2.53. The maximum absolute atomic E-state index is 12.2. The van der Waals surface area contributed by atoms with E-state index in [9.17, 15) is 14.7 Å². The van der Waals surface area contributed by atoms with Gasteiger partial charge in [-0.15, -0.1) is 0 Å². The monoisotopic (exact) mass is 253 g/mol. The Kier molecular flexibility index (Phi) is 3.96. The number of nitrogens with one attached hydrogen (secondary N) is 1. The molecule has 2 aliphatic rings. The smallest absolute Gasteiger partial charge is 0.270 e. The number of nitrogens with zero attached hydrogens (tertiary/aromatic N) is 2. The summed E-state index contributed by atoms with van der Waals surface area (Å²) in [7, 11) is 1.69. The predicted octanol–water partition coefficient (Wildman–Crippen LogP) is 0.0143. The standard InChI is InChI=1S/C12H19N3O3/c1-15(9-4-2-3-5-10(9)16)12(18)8-6-7-11(17)14-13-8/h9-10,16H,2-7H2,1H3,(H,14,17). The molecule has 2 unspecified atom stereocenters. The minimum Gasteiger partial charge on any atom is -0.391 e. The average Bonchev–Trinajstić information content (AvgIpc) is 2.38. The summed E-state index contributed by atoms with van der Waals surface area (Å²) in [6.45, 7) is 0. The number of carbonyl (C=O) groups excluding carboxylic acids is 2. The van der Waals surface area contributed by atoms with Gasteiger partial charge >= 0.3 is 0 Å². The number of likely N-dealkylation sites (N-methyl/N-ethyl adjacent to an activating group) is 1.